The van der Waals surface area contributed by atoms with Crippen LogP contribution < -0.4 is 10.6 Å². The third-order valence-corrected chi connectivity index (χ3v) is 3.32. The first-order valence-electron chi connectivity index (χ1n) is 7.76. The molecule has 132 valence electrons. The molecule has 0 saturated heterocycles. The standard InChI is InChI=1S/C17H25N3O4/c1-11(2)14(16(22)24-12(3)15(21)20(4)5)19-17(23)18-13-9-7-6-8-10-13/h6-12,14H,1-5H3,(H2,18,19,23)/t12-,14+/m0/s1. The molecule has 0 heterocycles. The van der Waals surface area contributed by atoms with Crippen LogP contribution in [0.15, 0.2) is 30.3 Å². The van der Waals surface area contributed by atoms with Gasteiger partial charge in [0, 0.05) is 19.8 Å². The van der Waals surface area contributed by atoms with Crippen molar-refractivity contribution < 1.29 is 19.1 Å². The Kier molecular flexibility index (Phi) is 7.23. The molecule has 0 bridgehead atoms. The van der Waals surface area contributed by atoms with Crippen LogP contribution in [-0.4, -0.2) is 49.0 Å². The Morgan fingerprint density at radius 1 is 1.04 bits per heavy atom. The van der Waals surface area contributed by atoms with Crippen LogP contribution in [0, 0.1) is 5.92 Å². The number of anilines is 1. The number of urea groups is 1. The normalized spacial score (nSPS) is 12.9. The molecule has 0 radical (unpaired) electrons. The molecular formula is C17H25N3O4. The summed E-state index contributed by atoms with van der Waals surface area (Å²) in [6.07, 6.45) is -0.910. The summed E-state index contributed by atoms with van der Waals surface area (Å²) in [5.41, 5.74) is 0.613. The lowest BCUT2D eigenvalue weighted by molar-refractivity contribution is -0.160. The summed E-state index contributed by atoms with van der Waals surface area (Å²) < 4.78 is 5.18. The lowest BCUT2D eigenvalue weighted by atomic mass is 10.0. The molecule has 1 aromatic rings. The highest BCUT2D eigenvalue weighted by atomic mass is 16.5. The lowest BCUT2D eigenvalue weighted by Gasteiger charge is -2.24. The maximum Gasteiger partial charge on any atom is 0.329 e. The van der Waals surface area contributed by atoms with Crippen molar-refractivity contribution in [3.05, 3.63) is 30.3 Å². The van der Waals surface area contributed by atoms with Gasteiger partial charge in [-0.15, -0.1) is 0 Å². The van der Waals surface area contributed by atoms with E-state index in [1.807, 2.05) is 6.07 Å². The minimum absolute atomic E-state index is 0.194. The van der Waals surface area contributed by atoms with E-state index in [1.165, 1.54) is 11.8 Å². The molecule has 0 saturated carbocycles. The van der Waals surface area contributed by atoms with Gasteiger partial charge in [0.05, 0.1) is 0 Å². The number of ether oxygens (including phenoxy) is 1. The zero-order valence-corrected chi connectivity index (χ0v) is 14.7. The van der Waals surface area contributed by atoms with Crippen molar-refractivity contribution in [1.82, 2.24) is 10.2 Å². The quantitative estimate of drug-likeness (QED) is 0.777. The van der Waals surface area contributed by atoms with Gasteiger partial charge in [0.2, 0.25) is 0 Å². The number of carbonyl (C=O) groups excluding carboxylic acids is 3. The summed E-state index contributed by atoms with van der Waals surface area (Å²) >= 11 is 0. The molecule has 2 N–H and O–H groups in total. The van der Waals surface area contributed by atoms with Crippen LogP contribution in [0.2, 0.25) is 0 Å². The fourth-order valence-corrected chi connectivity index (χ4v) is 1.99. The molecule has 1 aromatic carbocycles. The number of likely N-dealkylation sites (N-methyl/N-ethyl adjacent to an activating group) is 1. The number of rotatable bonds is 6. The summed E-state index contributed by atoms with van der Waals surface area (Å²) in [7, 11) is 3.16. The molecule has 7 nitrogen and oxygen atoms in total. The van der Waals surface area contributed by atoms with Crippen LogP contribution >= 0.6 is 0 Å². The lowest BCUT2D eigenvalue weighted by Crippen LogP contribution is -2.48. The number of para-hydroxylation sites is 1. The molecule has 0 fully saturated rings. The second-order valence-corrected chi connectivity index (χ2v) is 6.00. The number of nitrogens with zero attached hydrogens (tertiary/aromatic N) is 1. The maximum atomic E-state index is 12.3. The first-order valence-corrected chi connectivity index (χ1v) is 7.76. The molecule has 0 unspecified atom stereocenters. The van der Waals surface area contributed by atoms with E-state index in [1.54, 1.807) is 52.2 Å². The van der Waals surface area contributed by atoms with Gasteiger partial charge in [0.1, 0.15) is 6.04 Å². The second-order valence-electron chi connectivity index (χ2n) is 6.00. The van der Waals surface area contributed by atoms with E-state index in [0.29, 0.717) is 5.69 Å². The number of esters is 1. The fourth-order valence-electron chi connectivity index (χ4n) is 1.99. The molecule has 0 spiro atoms. The zero-order valence-electron chi connectivity index (χ0n) is 14.7. The first-order chi connectivity index (χ1) is 11.2. The Morgan fingerprint density at radius 3 is 2.12 bits per heavy atom. The van der Waals surface area contributed by atoms with E-state index < -0.39 is 24.1 Å². The Bertz CT molecular complexity index is 572. The third kappa shape index (κ3) is 5.91. The van der Waals surface area contributed by atoms with Crippen LogP contribution in [0.1, 0.15) is 20.8 Å². The highest BCUT2D eigenvalue weighted by Crippen LogP contribution is 2.09. The number of carbonyl (C=O) groups is 3. The Labute approximate surface area is 142 Å². The summed E-state index contributed by atoms with van der Waals surface area (Å²) in [5, 5.41) is 5.23. The molecular weight excluding hydrogens is 310 g/mol. The molecule has 7 heteroatoms. The third-order valence-electron chi connectivity index (χ3n) is 3.32. The largest absolute Gasteiger partial charge is 0.451 e. The van der Waals surface area contributed by atoms with Crippen molar-refractivity contribution in [2.24, 2.45) is 5.92 Å². The van der Waals surface area contributed by atoms with E-state index in [-0.39, 0.29) is 11.8 Å². The monoisotopic (exact) mass is 335 g/mol. The van der Waals surface area contributed by atoms with Crippen LogP contribution in [0.5, 0.6) is 0 Å². The molecule has 0 aliphatic rings. The number of amides is 3. The van der Waals surface area contributed by atoms with Gasteiger partial charge in [-0.2, -0.15) is 0 Å². The van der Waals surface area contributed by atoms with Crippen molar-refractivity contribution in [3.63, 3.8) is 0 Å². The second kappa shape index (κ2) is 8.90. The van der Waals surface area contributed by atoms with Crippen molar-refractivity contribution >= 4 is 23.6 Å². The number of benzene rings is 1. The first kappa shape index (κ1) is 19.5. The van der Waals surface area contributed by atoms with E-state index in [0.717, 1.165) is 0 Å². The van der Waals surface area contributed by atoms with E-state index in [2.05, 4.69) is 10.6 Å². The number of nitrogens with one attached hydrogen (secondary N) is 2. The predicted molar refractivity (Wildman–Crippen MR) is 91.5 cm³/mol. The average molecular weight is 335 g/mol. The Balaban J connectivity index is 2.67. The van der Waals surface area contributed by atoms with Crippen LogP contribution in [0.4, 0.5) is 10.5 Å². The summed E-state index contributed by atoms with van der Waals surface area (Å²) in [4.78, 5) is 37.5. The SMILES string of the molecule is CC(C)[C@@H](NC(=O)Nc1ccccc1)C(=O)O[C@@H](C)C(=O)N(C)C. The van der Waals surface area contributed by atoms with Gasteiger partial charge >= 0.3 is 12.0 Å². The van der Waals surface area contributed by atoms with Gasteiger partial charge in [-0.25, -0.2) is 9.59 Å². The predicted octanol–water partition coefficient (Wildman–Crippen LogP) is 1.85. The average Bonchev–Trinajstić information content (AvgIpc) is 2.52. The van der Waals surface area contributed by atoms with Gasteiger partial charge in [-0.05, 0) is 25.0 Å². The van der Waals surface area contributed by atoms with Crippen molar-refractivity contribution in [2.45, 2.75) is 32.9 Å². The molecule has 2 atom stereocenters. The molecule has 3 amide bonds. The van der Waals surface area contributed by atoms with Crippen LogP contribution in [-0.2, 0) is 14.3 Å². The van der Waals surface area contributed by atoms with E-state index >= 15 is 0 Å². The fraction of sp³-hybridized carbons (Fsp3) is 0.471. The molecule has 0 aliphatic heterocycles. The minimum Gasteiger partial charge on any atom is -0.451 e. The zero-order chi connectivity index (χ0) is 18.3. The Hall–Kier alpha value is -2.57. The minimum atomic E-state index is -0.910. The summed E-state index contributed by atoms with van der Waals surface area (Å²) in [6, 6.07) is 7.52. The van der Waals surface area contributed by atoms with Gasteiger partial charge < -0.3 is 20.3 Å². The van der Waals surface area contributed by atoms with E-state index in [9.17, 15) is 14.4 Å². The van der Waals surface area contributed by atoms with Gasteiger partial charge in [-0.3, -0.25) is 4.79 Å². The van der Waals surface area contributed by atoms with Gasteiger partial charge in [0.15, 0.2) is 6.10 Å². The van der Waals surface area contributed by atoms with Crippen LogP contribution in [0.3, 0.4) is 0 Å². The van der Waals surface area contributed by atoms with Crippen LogP contribution in [0.25, 0.3) is 0 Å². The number of hydrogen-bond acceptors (Lipinski definition) is 4. The molecule has 1 rings (SSSR count). The molecule has 0 aromatic heterocycles. The number of hydrogen-bond donors (Lipinski definition) is 2. The van der Waals surface area contributed by atoms with Crippen molar-refractivity contribution in [3.8, 4) is 0 Å². The molecule has 24 heavy (non-hydrogen) atoms. The van der Waals surface area contributed by atoms with E-state index in [4.69, 9.17) is 4.74 Å². The maximum absolute atomic E-state index is 12.3. The molecule has 0 aliphatic carbocycles. The highest BCUT2D eigenvalue weighted by molar-refractivity contribution is 5.93. The summed E-state index contributed by atoms with van der Waals surface area (Å²) in [6.45, 7) is 5.07. The smallest absolute Gasteiger partial charge is 0.329 e. The van der Waals surface area contributed by atoms with Crippen molar-refractivity contribution in [1.29, 1.82) is 0 Å². The van der Waals surface area contributed by atoms with Crippen molar-refractivity contribution in [2.75, 3.05) is 19.4 Å². The summed E-state index contributed by atoms with van der Waals surface area (Å²) in [5.74, 6) is -1.16. The Morgan fingerprint density at radius 2 is 1.62 bits per heavy atom. The van der Waals surface area contributed by atoms with Gasteiger partial charge in [-0.1, -0.05) is 32.0 Å². The highest BCUT2D eigenvalue weighted by Gasteiger charge is 2.29. The van der Waals surface area contributed by atoms with Gasteiger partial charge in [0.25, 0.3) is 5.91 Å². The topological polar surface area (TPSA) is 87.7 Å².